The Kier molecular flexibility index (Phi) is 6.40. The number of amides is 3. The van der Waals surface area contributed by atoms with E-state index in [2.05, 4.69) is 16.0 Å². The summed E-state index contributed by atoms with van der Waals surface area (Å²) in [7, 11) is 0. The fraction of sp³-hybridized carbons (Fsp3) is 0.0417. The highest BCUT2D eigenvalue weighted by molar-refractivity contribution is 6.07. The van der Waals surface area contributed by atoms with Crippen LogP contribution in [0.4, 0.5) is 30.2 Å². The number of hydrogen-bond donors (Lipinski definition) is 3. The van der Waals surface area contributed by atoms with Crippen molar-refractivity contribution in [2.24, 2.45) is 0 Å². The number of carbonyl (C=O) groups excluding carboxylic acids is 3. The van der Waals surface area contributed by atoms with Gasteiger partial charge in [-0.15, -0.1) is 0 Å². The second kappa shape index (κ2) is 9.59. The van der Waals surface area contributed by atoms with Crippen molar-refractivity contribution < 1.29 is 36.4 Å². The van der Waals surface area contributed by atoms with E-state index < -0.39 is 35.1 Å². The molecule has 0 saturated carbocycles. The monoisotopic (exact) mass is 483 g/mol. The van der Waals surface area contributed by atoms with Crippen LogP contribution < -0.4 is 16.0 Å². The first-order valence-electron chi connectivity index (χ1n) is 10.0. The lowest BCUT2D eigenvalue weighted by Gasteiger charge is -2.16. The van der Waals surface area contributed by atoms with E-state index in [0.29, 0.717) is 6.07 Å². The molecule has 0 saturated heterocycles. The van der Waals surface area contributed by atoms with Crippen molar-refractivity contribution >= 4 is 34.8 Å². The molecule has 0 aliphatic heterocycles. The maximum absolute atomic E-state index is 13.7. The summed E-state index contributed by atoms with van der Waals surface area (Å²) in [6, 6.07) is 13.0. The third-order valence-electron chi connectivity index (χ3n) is 4.74. The summed E-state index contributed by atoms with van der Waals surface area (Å²) in [6.07, 6.45) is -1.09. The van der Waals surface area contributed by atoms with Crippen LogP contribution in [0.1, 0.15) is 36.8 Å². The molecular formula is C24H16F3N3O5. The number of alkyl halides is 3. The SMILES string of the molecule is O=C(Nc1ccc(NC(=O)c2cccc(NC(=O)c3ccco3)c2)c(C(F)(F)F)c1)c1ccoc1. The number of hydrogen-bond acceptors (Lipinski definition) is 5. The summed E-state index contributed by atoms with van der Waals surface area (Å²) in [5.74, 6) is -1.99. The van der Waals surface area contributed by atoms with Gasteiger partial charge in [-0.05, 0) is 54.6 Å². The second-order valence-corrected chi connectivity index (χ2v) is 7.19. The van der Waals surface area contributed by atoms with Gasteiger partial charge < -0.3 is 24.8 Å². The number of furan rings is 2. The Bertz CT molecular complexity index is 1360. The molecule has 0 fully saturated rings. The normalized spacial score (nSPS) is 11.1. The third kappa shape index (κ3) is 5.58. The predicted octanol–water partition coefficient (Wildman–Crippen LogP) is 5.65. The molecule has 2 aromatic heterocycles. The average molecular weight is 483 g/mol. The summed E-state index contributed by atoms with van der Waals surface area (Å²) in [5, 5.41) is 7.12. The van der Waals surface area contributed by atoms with Gasteiger partial charge >= 0.3 is 6.18 Å². The summed E-state index contributed by atoms with van der Waals surface area (Å²) in [5.41, 5.74) is -1.40. The molecule has 0 spiro atoms. The smallest absolute Gasteiger partial charge is 0.418 e. The minimum Gasteiger partial charge on any atom is -0.472 e. The van der Waals surface area contributed by atoms with Gasteiger partial charge in [0.25, 0.3) is 17.7 Å². The number of nitrogens with one attached hydrogen (secondary N) is 3. The first kappa shape index (κ1) is 23.4. The van der Waals surface area contributed by atoms with E-state index in [0.717, 1.165) is 12.3 Å². The minimum absolute atomic E-state index is 0.00714. The van der Waals surface area contributed by atoms with Crippen LogP contribution in [0.25, 0.3) is 0 Å². The molecule has 0 unspecified atom stereocenters. The topological polar surface area (TPSA) is 114 Å². The van der Waals surface area contributed by atoms with Crippen molar-refractivity contribution in [1.29, 1.82) is 0 Å². The van der Waals surface area contributed by atoms with Crippen molar-refractivity contribution in [2.45, 2.75) is 6.18 Å². The van der Waals surface area contributed by atoms with Crippen LogP contribution in [0, 0.1) is 0 Å². The third-order valence-corrected chi connectivity index (χ3v) is 4.74. The van der Waals surface area contributed by atoms with Crippen LogP contribution in [-0.4, -0.2) is 17.7 Å². The highest BCUT2D eigenvalue weighted by atomic mass is 19.4. The lowest BCUT2D eigenvalue weighted by molar-refractivity contribution is -0.136. The second-order valence-electron chi connectivity index (χ2n) is 7.19. The van der Waals surface area contributed by atoms with Gasteiger partial charge in [0.1, 0.15) is 6.26 Å². The molecule has 8 nitrogen and oxygen atoms in total. The molecule has 2 heterocycles. The first-order chi connectivity index (χ1) is 16.7. The molecule has 0 aliphatic rings. The van der Waals surface area contributed by atoms with E-state index in [1.807, 2.05) is 0 Å². The lowest BCUT2D eigenvalue weighted by atomic mass is 10.1. The summed E-state index contributed by atoms with van der Waals surface area (Å²) >= 11 is 0. The predicted molar refractivity (Wildman–Crippen MR) is 119 cm³/mol. The molecule has 35 heavy (non-hydrogen) atoms. The van der Waals surface area contributed by atoms with Gasteiger partial charge in [-0.25, -0.2) is 0 Å². The Hall–Kier alpha value is -4.80. The quantitative estimate of drug-likeness (QED) is 0.328. The van der Waals surface area contributed by atoms with Gasteiger partial charge in [0.05, 0.1) is 29.3 Å². The van der Waals surface area contributed by atoms with Crippen molar-refractivity contribution in [3.05, 3.63) is 102 Å². The highest BCUT2D eigenvalue weighted by Crippen LogP contribution is 2.37. The largest absolute Gasteiger partial charge is 0.472 e. The zero-order valence-electron chi connectivity index (χ0n) is 17.7. The Labute approximate surface area is 195 Å². The summed E-state index contributed by atoms with van der Waals surface area (Å²) in [6.45, 7) is 0. The highest BCUT2D eigenvalue weighted by Gasteiger charge is 2.34. The van der Waals surface area contributed by atoms with Crippen LogP contribution in [-0.2, 0) is 6.18 Å². The van der Waals surface area contributed by atoms with Crippen molar-refractivity contribution in [2.75, 3.05) is 16.0 Å². The van der Waals surface area contributed by atoms with Crippen molar-refractivity contribution in [3.63, 3.8) is 0 Å². The van der Waals surface area contributed by atoms with Crippen LogP contribution in [0.15, 0.2) is 88.3 Å². The molecule has 0 radical (unpaired) electrons. The Morgan fingerprint density at radius 1 is 0.714 bits per heavy atom. The van der Waals surface area contributed by atoms with E-state index >= 15 is 0 Å². The van der Waals surface area contributed by atoms with E-state index in [1.165, 1.54) is 61.1 Å². The molecule has 4 aromatic rings. The van der Waals surface area contributed by atoms with Gasteiger partial charge in [0.15, 0.2) is 5.76 Å². The van der Waals surface area contributed by atoms with Crippen LogP contribution in [0.3, 0.4) is 0 Å². The molecule has 0 atom stereocenters. The Morgan fingerprint density at radius 2 is 1.46 bits per heavy atom. The molecule has 3 N–H and O–H groups in total. The van der Waals surface area contributed by atoms with Gasteiger partial charge in [0.2, 0.25) is 0 Å². The fourth-order valence-corrected chi connectivity index (χ4v) is 3.10. The molecule has 11 heteroatoms. The van der Waals surface area contributed by atoms with Crippen LogP contribution >= 0.6 is 0 Å². The molecule has 0 aliphatic carbocycles. The zero-order chi connectivity index (χ0) is 25.0. The van der Waals surface area contributed by atoms with Gasteiger partial charge in [-0.2, -0.15) is 13.2 Å². The first-order valence-corrected chi connectivity index (χ1v) is 10.0. The molecule has 3 amide bonds. The number of rotatable bonds is 6. The number of anilines is 3. The Balaban J connectivity index is 1.52. The van der Waals surface area contributed by atoms with Gasteiger partial charge in [0, 0.05) is 16.9 Å². The van der Waals surface area contributed by atoms with Crippen LogP contribution in [0.5, 0.6) is 0 Å². The molecular weight excluding hydrogens is 467 g/mol. The van der Waals surface area contributed by atoms with Crippen LogP contribution in [0.2, 0.25) is 0 Å². The van der Waals surface area contributed by atoms with Gasteiger partial charge in [-0.3, -0.25) is 14.4 Å². The van der Waals surface area contributed by atoms with E-state index in [1.54, 1.807) is 0 Å². The molecule has 2 aromatic carbocycles. The fourth-order valence-electron chi connectivity index (χ4n) is 3.10. The van der Waals surface area contributed by atoms with Crippen molar-refractivity contribution in [3.8, 4) is 0 Å². The zero-order valence-corrected chi connectivity index (χ0v) is 17.7. The average Bonchev–Trinajstić information content (AvgIpc) is 3.54. The summed E-state index contributed by atoms with van der Waals surface area (Å²) < 4.78 is 50.9. The maximum atomic E-state index is 13.7. The molecule has 4 rings (SSSR count). The van der Waals surface area contributed by atoms with E-state index in [9.17, 15) is 27.6 Å². The lowest BCUT2D eigenvalue weighted by Crippen LogP contribution is -2.18. The number of benzene rings is 2. The number of carbonyl (C=O) groups is 3. The maximum Gasteiger partial charge on any atom is 0.418 e. The molecule has 0 bridgehead atoms. The minimum atomic E-state index is -4.82. The van der Waals surface area contributed by atoms with Gasteiger partial charge in [-0.1, -0.05) is 6.07 Å². The van der Waals surface area contributed by atoms with E-state index in [-0.39, 0.29) is 28.3 Å². The number of halogens is 3. The van der Waals surface area contributed by atoms with Crippen molar-refractivity contribution in [1.82, 2.24) is 0 Å². The molecule has 178 valence electrons. The standard InChI is InChI=1S/C24H16F3N3O5/c25-24(26,27)18-12-17(28-22(32)15-8-10-34-13-15)6-7-19(18)30-21(31)14-3-1-4-16(11-14)29-23(33)20-5-2-9-35-20/h1-13H,(H,28,32)(H,29,33)(H,30,31). The summed E-state index contributed by atoms with van der Waals surface area (Å²) in [4.78, 5) is 36.9. The van der Waals surface area contributed by atoms with E-state index in [4.69, 9.17) is 8.83 Å². The Morgan fingerprint density at radius 3 is 2.14 bits per heavy atom.